The van der Waals surface area contributed by atoms with Crippen molar-refractivity contribution < 1.29 is 18.1 Å². The molecule has 1 atom stereocenters. The summed E-state index contributed by atoms with van der Waals surface area (Å²) in [5.74, 6) is -0.169. The molecular weight excluding hydrogens is 830 g/mol. The highest BCUT2D eigenvalue weighted by Gasteiger charge is 2.27. The van der Waals surface area contributed by atoms with Gasteiger partial charge in [0.2, 0.25) is 0 Å². The van der Waals surface area contributed by atoms with Crippen molar-refractivity contribution in [2.24, 2.45) is 0 Å². The van der Waals surface area contributed by atoms with Crippen LogP contribution in [0.4, 0.5) is 17.1 Å². The van der Waals surface area contributed by atoms with Crippen LogP contribution < -0.4 is 20.3 Å². The lowest BCUT2D eigenvalue weighted by Gasteiger charge is -2.36. The second kappa shape index (κ2) is 20.7. The lowest BCUT2D eigenvalue weighted by Crippen LogP contribution is -2.46. The van der Waals surface area contributed by atoms with E-state index in [1.54, 1.807) is 23.9 Å². The van der Waals surface area contributed by atoms with Gasteiger partial charge in [0.05, 0.1) is 9.82 Å². The van der Waals surface area contributed by atoms with Crippen LogP contribution in [-0.2, 0) is 16.6 Å². The number of hydrogen-bond donors (Lipinski definition) is 3. The number of sulfonamides is 1. The van der Waals surface area contributed by atoms with Gasteiger partial charge in [-0.05, 0) is 117 Å². The van der Waals surface area contributed by atoms with Crippen molar-refractivity contribution >= 4 is 56.4 Å². The summed E-state index contributed by atoms with van der Waals surface area (Å²) in [5.41, 5.74) is 4.49. The Morgan fingerprint density at radius 2 is 1.54 bits per heavy atom. The maximum Gasteiger partial charge on any atom is 0.293 e. The Hall–Kier alpha value is -4.96. The first kappa shape index (κ1) is 44.1. The number of carbonyl (C=O) groups is 1. The highest BCUT2D eigenvalue weighted by Crippen LogP contribution is 2.31. The zero-order valence-corrected chi connectivity index (χ0v) is 36.6. The number of nitrogens with one attached hydrogen (secondary N) is 3. The molecule has 2 aliphatic heterocycles. The number of nitro groups is 1. The minimum absolute atomic E-state index is 0.136. The monoisotopic (exact) mass is 881 g/mol. The van der Waals surface area contributed by atoms with Crippen LogP contribution in [0.1, 0.15) is 35.2 Å². The molecule has 0 spiro atoms. The van der Waals surface area contributed by atoms with Gasteiger partial charge >= 0.3 is 0 Å². The van der Waals surface area contributed by atoms with E-state index in [4.69, 9.17) is 11.6 Å². The Labute approximate surface area is 367 Å². The second-order valence-electron chi connectivity index (χ2n) is 15.5. The molecule has 5 aromatic rings. The average Bonchev–Trinajstić information content (AvgIpc) is 3.28. The van der Waals surface area contributed by atoms with Crippen LogP contribution in [0.25, 0.3) is 11.1 Å². The normalized spacial score (nSPS) is 15.9. The van der Waals surface area contributed by atoms with Crippen molar-refractivity contribution in [3.05, 3.63) is 148 Å². The Kier molecular flexibility index (Phi) is 15.0. The lowest BCUT2D eigenvalue weighted by atomic mass is 9.99. The predicted molar refractivity (Wildman–Crippen MR) is 246 cm³/mol. The molecule has 320 valence electrons. The van der Waals surface area contributed by atoms with Crippen LogP contribution in [0.2, 0.25) is 5.02 Å². The fraction of sp³-hybridized carbons (Fsp3) is 0.326. The number of anilines is 2. The van der Waals surface area contributed by atoms with Crippen molar-refractivity contribution in [1.82, 2.24) is 19.8 Å². The minimum atomic E-state index is -4.44. The topological polar surface area (TPSA) is 140 Å². The van der Waals surface area contributed by atoms with E-state index in [2.05, 4.69) is 48.3 Å². The van der Waals surface area contributed by atoms with Gasteiger partial charge in [0.15, 0.2) is 0 Å². The zero-order valence-electron chi connectivity index (χ0n) is 34.2. The van der Waals surface area contributed by atoms with E-state index in [9.17, 15) is 23.3 Å². The molecule has 0 aromatic heterocycles. The summed E-state index contributed by atoms with van der Waals surface area (Å²) in [4.78, 5) is 32.8. The summed E-state index contributed by atoms with van der Waals surface area (Å²) in [6, 6.07) is 37.2. The van der Waals surface area contributed by atoms with Gasteiger partial charge in [0.25, 0.3) is 21.6 Å². The van der Waals surface area contributed by atoms with Crippen LogP contribution in [0, 0.1) is 10.1 Å². The number of amides is 1. The number of nitrogens with zero attached hydrogens (tertiary/aromatic N) is 4. The maximum atomic E-state index is 13.5. The molecular formula is C46H52ClN7O5S2. The molecule has 3 N–H and O–H groups in total. The van der Waals surface area contributed by atoms with Crippen LogP contribution in [0.15, 0.2) is 131 Å². The van der Waals surface area contributed by atoms with Gasteiger partial charge in [0, 0.05) is 84.3 Å². The number of nitro benzene ring substituents is 1. The van der Waals surface area contributed by atoms with E-state index >= 15 is 0 Å². The van der Waals surface area contributed by atoms with Gasteiger partial charge < -0.3 is 20.4 Å². The van der Waals surface area contributed by atoms with Gasteiger partial charge in [-0.1, -0.05) is 66.2 Å². The first-order chi connectivity index (χ1) is 29.5. The molecule has 0 bridgehead atoms. The number of thioether (sulfide) groups is 1. The summed E-state index contributed by atoms with van der Waals surface area (Å²) in [6.45, 7) is 6.87. The van der Waals surface area contributed by atoms with Crippen molar-refractivity contribution in [3.8, 4) is 11.1 Å². The Morgan fingerprint density at radius 3 is 2.23 bits per heavy atom. The van der Waals surface area contributed by atoms with E-state index in [-0.39, 0.29) is 27.9 Å². The highest BCUT2D eigenvalue weighted by atomic mass is 35.5. The van der Waals surface area contributed by atoms with Crippen molar-refractivity contribution in [3.63, 3.8) is 0 Å². The highest BCUT2D eigenvalue weighted by molar-refractivity contribution is 7.99. The van der Waals surface area contributed by atoms with E-state index in [1.807, 2.05) is 79.8 Å². The summed E-state index contributed by atoms with van der Waals surface area (Å²) in [6.07, 6.45) is 2.88. The van der Waals surface area contributed by atoms with Crippen molar-refractivity contribution in [2.75, 3.05) is 68.8 Å². The van der Waals surface area contributed by atoms with Gasteiger partial charge in [-0.25, -0.2) is 13.1 Å². The van der Waals surface area contributed by atoms with Crippen LogP contribution >= 0.6 is 23.4 Å². The fourth-order valence-corrected chi connectivity index (χ4v) is 10.0. The molecule has 1 amide bonds. The molecule has 15 heteroatoms. The summed E-state index contributed by atoms with van der Waals surface area (Å²) < 4.78 is 29.1. The molecule has 0 unspecified atom stereocenters. The molecule has 0 aliphatic carbocycles. The maximum absolute atomic E-state index is 13.5. The quantitative estimate of drug-likeness (QED) is 0.0476. The van der Waals surface area contributed by atoms with Gasteiger partial charge in [-0.2, -0.15) is 0 Å². The largest absolute Gasteiger partial charge is 0.376 e. The molecule has 2 saturated heterocycles. The molecule has 2 fully saturated rings. The summed E-state index contributed by atoms with van der Waals surface area (Å²) in [5, 5.41) is 19.8. The zero-order chi connectivity index (χ0) is 42.8. The van der Waals surface area contributed by atoms with Crippen molar-refractivity contribution in [2.45, 2.75) is 47.7 Å². The molecule has 0 radical (unpaired) electrons. The van der Waals surface area contributed by atoms with Crippen LogP contribution in [-0.4, -0.2) is 99.7 Å². The van der Waals surface area contributed by atoms with E-state index < -0.39 is 20.9 Å². The van der Waals surface area contributed by atoms with Gasteiger partial charge in [0.1, 0.15) is 5.69 Å². The molecule has 2 aliphatic rings. The standard InChI is InChI=1S/C46H52ClN7O5S2/c1-48-38-21-24-51(25-22-38)26-23-39(33-60-41-8-3-2-4-9-41)49-44-20-19-42(31-45(44)54(56)57)61(58,59)50-46(55)35-13-17-40(18-14-35)53-29-27-52(28-30-53)32-36-7-5-6-10-43(36)34-11-15-37(47)16-12-34/h2-20,31,38-39,48-49H,21-30,32-33H2,1H3,(H,50,55)/t39-/m1/s1. The number of rotatable bonds is 17. The molecule has 2 heterocycles. The first-order valence-electron chi connectivity index (χ1n) is 20.7. The molecule has 7 rings (SSSR count). The first-order valence-corrected chi connectivity index (χ1v) is 23.5. The molecule has 0 saturated carbocycles. The number of halogens is 1. The smallest absolute Gasteiger partial charge is 0.293 e. The van der Waals surface area contributed by atoms with Gasteiger partial charge in [-0.15, -0.1) is 11.8 Å². The van der Waals surface area contributed by atoms with Crippen LogP contribution in [0.5, 0.6) is 0 Å². The van der Waals surface area contributed by atoms with E-state index in [0.717, 1.165) is 93.8 Å². The minimum Gasteiger partial charge on any atom is -0.376 e. The third-order valence-corrected chi connectivity index (χ3v) is 14.2. The number of hydrogen-bond acceptors (Lipinski definition) is 11. The SMILES string of the molecule is CNC1CCN(CC[C@H](CSc2ccccc2)Nc2ccc(S(=O)(=O)NC(=O)c3ccc(N4CCN(Cc5ccccc5-c5ccc(Cl)cc5)CC4)cc3)cc2[N+](=O)[O-])CC1. The van der Waals surface area contributed by atoms with E-state index in [1.165, 1.54) is 23.3 Å². The Bertz CT molecular complexity index is 2360. The average molecular weight is 883 g/mol. The molecule has 5 aromatic carbocycles. The molecule has 61 heavy (non-hydrogen) atoms. The second-order valence-corrected chi connectivity index (χ2v) is 18.7. The number of benzene rings is 5. The third-order valence-electron chi connectivity index (χ3n) is 11.5. The number of piperidine rings is 1. The fourth-order valence-electron chi connectivity index (χ4n) is 7.90. The van der Waals surface area contributed by atoms with Crippen molar-refractivity contribution in [1.29, 1.82) is 0 Å². The molecule has 12 nitrogen and oxygen atoms in total. The lowest BCUT2D eigenvalue weighted by molar-refractivity contribution is -0.384. The number of carbonyl (C=O) groups excluding carboxylic acids is 1. The Morgan fingerprint density at radius 1 is 0.852 bits per heavy atom. The predicted octanol–water partition coefficient (Wildman–Crippen LogP) is 8.00. The number of piperazine rings is 1. The summed E-state index contributed by atoms with van der Waals surface area (Å²) in [7, 11) is -2.45. The third kappa shape index (κ3) is 11.9. The Balaban J connectivity index is 0.956. The van der Waals surface area contributed by atoms with E-state index in [0.29, 0.717) is 16.8 Å². The number of likely N-dealkylation sites (tertiary alicyclic amines) is 1. The summed E-state index contributed by atoms with van der Waals surface area (Å²) >= 11 is 7.79. The van der Waals surface area contributed by atoms with Gasteiger partial charge in [-0.3, -0.25) is 19.8 Å². The van der Waals surface area contributed by atoms with Crippen LogP contribution in [0.3, 0.4) is 0 Å².